The van der Waals surface area contributed by atoms with Crippen LogP contribution in [-0.2, 0) is 0 Å². The largest absolute Gasteiger partial charge is 0.351 e. The second-order valence-corrected chi connectivity index (χ2v) is 4.88. The van der Waals surface area contributed by atoms with E-state index in [4.69, 9.17) is 0 Å². The fraction of sp³-hybridized carbons (Fsp3) is 0.250. The number of rotatable bonds is 5. The average molecular weight is 280 g/mol. The first-order chi connectivity index (χ1) is 9.15. The van der Waals surface area contributed by atoms with Gasteiger partial charge in [-0.05, 0) is 31.2 Å². The first-order valence-electron chi connectivity index (χ1n) is 5.71. The molecule has 0 unspecified atom stereocenters. The molecule has 5 nitrogen and oxygen atoms in total. The van der Waals surface area contributed by atoms with Crippen molar-refractivity contribution in [3.05, 3.63) is 41.5 Å². The Hall–Kier alpha value is -1.89. The van der Waals surface area contributed by atoms with Crippen molar-refractivity contribution in [3.63, 3.8) is 0 Å². The van der Waals surface area contributed by atoms with Crippen LogP contribution in [0.4, 0.5) is 4.39 Å². The van der Waals surface area contributed by atoms with Crippen LogP contribution in [0.5, 0.6) is 0 Å². The molecule has 0 spiro atoms. The van der Waals surface area contributed by atoms with Gasteiger partial charge >= 0.3 is 0 Å². The highest BCUT2D eigenvalue weighted by atomic mass is 32.2. The summed E-state index contributed by atoms with van der Waals surface area (Å²) in [5.74, 6) is 0.862. The molecule has 1 aromatic carbocycles. The van der Waals surface area contributed by atoms with Crippen molar-refractivity contribution in [2.24, 2.45) is 0 Å². The molecule has 2 rings (SSSR count). The minimum atomic E-state index is -0.355. The van der Waals surface area contributed by atoms with E-state index in [1.165, 1.54) is 36.0 Å². The molecule has 0 atom stereocenters. The predicted octanol–water partition coefficient (Wildman–Crippen LogP) is 1.77. The predicted molar refractivity (Wildman–Crippen MR) is 70.6 cm³/mol. The van der Waals surface area contributed by atoms with Crippen LogP contribution in [0, 0.1) is 12.7 Å². The van der Waals surface area contributed by atoms with Crippen LogP contribution in [0.2, 0.25) is 0 Å². The number of hydrogen-bond donors (Lipinski definition) is 2. The number of thioether (sulfide) groups is 1. The highest BCUT2D eigenvalue weighted by Crippen LogP contribution is 2.10. The Morgan fingerprint density at radius 1 is 1.42 bits per heavy atom. The number of halogens is 1. The Morgan fingerprint density at radius 2 is 2.16 bits per heavy atom. The summed E-state index contributed by atoms with van der Waals surface area (Å²) in [6.07, 6.45) is 0. The van der Waals surface area contributed by atoms with Crippen molar-refractivity contribution in [3.8, 4) is 0 Å². The number of carbonyl (C=O) groups is 1. The molecule has 1 aromatic heterocycles. The van der Waals surface area contributed by atoms with Gasteiger partial charge in [-0.3, -0.25) is 9.89 Å². The number of nitrogens with one attached hydrogen (secondary N) is 2. The van der Waals surface area contributed by atoms with E-state index in [0.29, 0.717) is 23.0 Å². The fourth-order valence-electron chi connectivity index (χ4n) is 1.40. The van der Waals surface area contributed by atoms with E-state index in [2.05, 4.69) is 20.5 Å². The van der Waals surface area contributed by atoms with Crippen molar-refractivity contribution < 1.29 is 9.18 Å². The van der Waals surface area contributed by atoms with Crippen LogP contribution in [0.25, 0.3) is 0 Å². The summed E-state index contributed by atoms with van der Waals surface area (Å²) in [5, 5.41) is 10.1. The molecule has 0 saturated carbocycles. The van der Waals surface area contributed by atoms with Crippen LogP contribution >= 0.6 is 11.8 Å². The SMILES string of the molecule is Cc1nc(SCCNC(=O)c2ccc(F)cc2)n[nH]1. The zero-order valence-electron chi connectivity index (χ0n) is 10.3. The summed E-state index contributed by atoms with van der Waals surface area (Å²) in [7, 11) is 0. The van der Waals surface area contributed by atoms with Crippen LogP contribution in [-0.4, -0.2) is 33.4 Å². The lowest BCUT2D eigenvalue weighted by atomic mass is 10.2. The van der Waals surface area contributed by atoms with Gasteiger partial charge in [0.05, 0.1) is 0 Å². The molecule has 0 aliphatic rings. The van der Waals surface area contributed by atoms with Crippen molar-refractivity contribution in [2.75, 3.05) is 12.3 Å². The molecule has 7 heteroatoms. The fourth-order valence-corrected chi connectivity index (χ4v) is 2.10. The molecule has 1 heterocycles. The van der Waals surface area contributed by atoms with Crippen molar-refractivity contribution >= 4 is 17.7 Å². The second-order valence-electron chi connectivity index (χ2n) is 3.81. The maximum atomic E-state index is 12.7. The van der Waals surface area contributed by atoms with Crippen molar-refractivity contribution in [2.45, 2.75) is 12.1 Å². The minimum Gasteiger partial charge on any atom is -0.351 e. The van der Waals surface area contributed by atoms with E-state index in [1.54, 1.807) is 0 Å². The van der Waals surface area contributed by atoms with Gasteiger partial charge in [-0.2, -0.15) is 0 Å². The molecule has 0 radical (unpaired) electrons. The van der Waals surface area contributed by atoms with Crippen LogP contribution in [0.1, 0.15) is 16.2 Å². The maximum absolute atomic E-state index is 12.7. The molecule has 1 amide bonds. The summed E-state index contributed by atoms with van der Waals surface area (Å²) in [6, 6.07) is 5.44. The quantitative estimate of drug-likeness (QED) is 0.647. The lowest BCUT2D eigenvalue weighted by Gasteiger charge is -2.03. The van der Waals surface area contributed by atoms with Crippen LogP contribution in [0.15, 0.2) is 29.4 Å². The van der Waals surface area contributed by atoms with E-state index in [-0.39, 0.29) is 11.7 Å². The van der Waals surface area contributed by atoms with Gasteiger partial charge in [0.25, 0.3) is 5.91 Å². The Balaban J connectivity index is 1.73. The Morgan fingerprint density at radius 3 is 2.79 bits per heavy atom. The number of nitrogens with zero attached hydrogens (tertiary/aromatic N) is 2. The molecular formula is C12H13FN4OS. The zero-order chi connectivity index (χ0) is 13.7. The number of aromatic amines is 1. The number of hydrogen-bond acceptors (Lipinski definition) is 4. The topological polar surface area (TPSA) is 70.7 Å². The van der Waals surface area contributed by atoms with Gasteiger partial charge in [-0.15, -0.1) is 5.10 Å². The molecule has 2 N–H and O–H groups in total. The monoisotopic (exact) mass is 280 g/mol. The molecular weight excluding hydrogens is 267 g/mol. The van der Waals surface area contributed by atoms with Gasteiger partial charge in [0.1, 0.15) is 11.6 Å². The zero-order valence-corrected chi connectivity index (χ0v) is 11.1. The highest BCUT2D eigenvalue weighted by Gasteiger charge is 2.05. The third-order valence-electron chi connectivity index (χ3n) is 2.30. The number of carbonyl (C=O) groups excluding carboxylic acids is 1. The molecule has 0 saturated heterocycles. The Labute approximate surface area is 114 Å². The van der Waals surface area contributed by atoms with E-state index < -0.39 is 0 Å². The summed E-state index contributed by atoms with van der Waals surface area (Å²) in [6.45, 7) is 2.32. The third kappa shape index (κ3) is 4.06. The number of aromatic nitrogens is 3. The molecule has 100 valence electrons. The molecule has 0 aliphatic carbocycles. The summed E-state index contributed by atoms with van der Waals surface area (Å²) < 4.78 is 12.7. The average Bonchev–Trinajstić information content (AvgIpc) is 2.81. The maximum Gasteiger partial charge on any atom is 0.251 e. The summed E-state index contributed by atoms with van der Waals surface area (Å²) in [4.78, 5) is 15.8. The normalized spacial score (nSPS) is 10.4. The Bertz CT molecular complexity index is 555. The lowest BCUT2D eigenvalue weighted by Crippen LogP contribution is -2.25. The molecule has 0 aliphatic heterocycles. The minimum absolute atomic E-state index is 0.216. The smallest absolute Gasteiger partial charge is 0.251 e. The van der Waals surface area contributed by atoms with Gasteiger partial charge < -0.3 is 5.32 Å². The molecule has 19 heavy (non-hydrogen) atoms. The van der Waals surface area contributed by atoms with Gasteiger partial charge in [-0.1, -0.05) is 11.8 Å². The number of H-pyrrole nitrogens is 1. The molecule has 0 bridgehead atoms. The Kier molecular flexibility index (Phi) is 4.51. The number of benzene rings is 1. The first-order valence-corrected chi connectivity index (χ1v) is 6.69. The van der Waals surface area contributed by atoms with E-state index in [0.717, 1.165) is 5.82 Å². The number of amides is 1. The second kappa shape index (κ2) is 6.33. The molecule has 0 fully saturated rings. The first kappa shape index (κ1) is 13.5. The van der Waals surface area contributed by atoms with E-state index in [1.807, 2.05) is 6.92 Å². The van der Waals surface area contributed by atoms with E-state index >= 15 is 0 Å². The van der Waals surface area contributed by atoms with Gasteiger partial charge in [0.15, 0.2) is 0 Å². The highest BCUT2D eigenvalue weighted by molar-refractivity contribution is 7.99. The molecule has 2 aromatic rings. The summed E-state index contributed by atoms with van der Waals surface area (Å²) >= 11 is 1.45. The van der Waals surface area contributed by atoms with Gasteiger partial charge in [0, 0.05) is 17.9 Å². The lowest BCUT2D eigenvalue weighted by molar-refractivity contribution is 0.0956. The van der Waals surface area contributed by atoms with E-state index in [9.17, 15) is 9.18 Å². The third-order valence-corrected chi connectivity index (χ3v) is 3.15. The summed E-state index contributed by atoms with van der Waals surface area (Å²) in [5.41, 5.74) is 0.445. The van der Waals surface area contributed by atoms with Crippen LogP contribution < -0.4 is 5.32 Å². The van der Waals surface area contributed by atoms with Crippen molar-refractivity contribution in [1.29, 1.82) is 0 Å². The van der Waals surface area contributed by atoms with Gasteiger partial charge in [0.2, 0.25) is 5.16 Å². The van der Waals surface area contributed by atoms with Crippen LogP contribution in [0.3, 0.4) is 0 Å². The standard InChI is InChI=1S/C12H13FN4OS/c1-8-15-12(17-16-8)19-7-6-14-11(18)9-2-4-10(13)5-3-9/h2-5H,6-7H2,1H3,(H,14,18)(H,15,16,17). The van der Waals surface area contributed by atoms with Crippen molar-refractivity contribution in [1.82, 2.24) is 20.5 Å². The van der Waals surface area contributed by atoms with Gasteiger partial charge in [-0.25, -0.2) is 9.37 Å². The number of aryl methyl sites for hydroxylation is 1.